The Kier molecular flexibility index (Phi) is 4.04. The molecule has 0 aliphatic heterocycles. The van der Waals surface area contributed by atoms with E-state index < -0.39 is 0 Å². The maximum atomic E-state index is 7.48. The molecule has 0 unspecified atom stereocenters. The van der Waals surface area contributed by atoms with Crippen molar-refractivity contribution in [2.45, 2.75) is 6.92 Å². The highest BCUT2D eigenvalue weighted by atomic mass is 35.5. The molecule has 2 aromatic heterocycles. The molecule has 5 N–H and O–H groups in total. The van der Waals surface area contributed by atoms with Gasteiger partial charge in [-0.1, -0.05) is 11.6 Å². The van der Waals surface area contributed by atoms with Crippen LogP contribution in [0.1, 0.15) is 11.1 Å². The number of H-pyrrole nitrogens is 1. The summed E-state index contributed by atoms with van der Waals surface area (Å²) in [4.78, 5) is 4.61. The number of halogens is 1. The summed E-state index contributed by atoms with van der Waals surface area (Å²) in [6.45, 7) is 2.01. The maximum absolute atomic E-state index is 7.48. The first-order valence-corrected chi connectivity index (χ1v) is 8.56. The highest BCUT2D eigenvalue weighted by Gasteiger charge is 2.15. The van der Waals surface area contributed by atoms with Gasteiger partial charge >= 0.3 is 0 Å². The second kappa shape index (κ2) is 6.40. The van der Waals surface area contributed by atoms with Gasteiger partial charge in [0.05, 0.1) is 22.4 Å². The lowest BCUT2D eigenvalue weighted by Gasteiger charge is -2.10. The molecule has 4 aromatic rings. The SMILES string of the molecule is Cc1cc2cn[nH]c2cc1-c1nc(Nc2ccc(N)c(C=N)c2Cl)n(C)n1. The van der Waals surface area contributed by atoms with Gasteiger partial charge in [-0.25, -0.2) is 4.68 Å². The fraction of sp³-hybridized carbons (Fsp3) is 0.111. The molecule has 136 valence electrons. The summed E-state index contributed by atoms with van der Waals surface area (Å²) in [6.07, 6.45) is 2.92. The Labute approximate surface area is 159 Å². The Morgan fingerprint density at radius 2 is 2.15 bits per heavy atom. The summed E-state index contributed by atoms with van der Waals surface area (Å²) in [5, 5.41) is 23.6. The van der Waals surface area contributed by atoms with E-state index in [9.17, 15) is 0 Å². The Morgan fingerprint density at radius 3 is 2.93 bits per heavy atom. The Bertz CT molecular complexity index is 1170. The van der Waals surface area contributed by atoms with Crippen LogP contribution in [0.25, 0.3) is 22.3 Å². The molecule has 27 heavy (non-hydrogen) atoms. The van der Waals surface area contributed by atoms with E-state index in [2.05, 4.69) is 25.6 Å². The van der Waals surface area contributed by atoms with Crippen molar-refractivity contribution in [1.82, 2.24) is 25.0 Å². The maximum Gasteiger partial charge on any atom is 0.225 e. The third-order valence-electron chi connectivity index (χ3n) is 4.39. The number of nitrogens with zero attached hydrogens (tertiary/aromatic N) is 4. The molecule has 0 atom stereocenters. The zero-order valence-corrected chi connectivity index (χ0v) is 15.5. The minimum absolute atomic E-state index is 0.365. The molecule has 0 amide bonds. The van der Waals surface area contributed by atoms with Gasteiger partial charge in [-0.2, -0.15) is 10.1 Å². The van der Waals surface area contributed by atoms with E-state index in [-0.39, 0.29) is 0 Å². The third-order valence-corrected chi connectivity index (χ3v) is 4.80. The average molecular weight is 381 g/mol. The molecule has 0 radical (unpaired) electrons. The van der Waals surface area contributed by atoms with Crippen molar-refractivity contribution < 1.29 is 0 Å². The van der Waals surface area contributed by atoms with Gasteiger partial charge in [0.15, 0.2) is 5.82 Å². The van der Waals surface area contributed by atoms with Crippen LogP contribution in [0.2, 0.25) is 5.02 Å². The highest BCUT2D eigenvalue weighted by molar-refractivity contribution is 6.36. The number of anilines is 3. The number of benzene rings is 2. The van der Waals surface area contributed by atoms with E-state index in [1.807, 2.05) is 19.1 Å². The standard InChI is InChI=1S/C18H17ClN8/c1-9-5-10-8-22-25-15(10)6-11(9)17-24-18(27(2)26-17)23-14-4-3-13(21)12(7-20)16(14)19/h3-8,20H,21H2,1-2H3,(H,22,25)(H,23,24,26). The largest absolute Gasteiger partial charge is 0.398 e. The zero-order valence-electron chi connectivity index (χ0n) is 14.7. The predicted octanol–water partition coefficient (Wildman–Crippen LogP) is 3.64. The minimum Gasteiger partial charge on any atom is -0.398 e. The van der Waals surface area contributed by atoms with Gasteiger partial charge in [-0.05, 0) is 36.8 Å². The van der Waals surface area contributed by atoms with Gasteiger partial charge in [-0.3, -0.25) is 5.10 Å². The van der Waals surface area contributed by atoms with Gasteiger partial charge in [0.2, 0.25) is 5.95 Å². The predicted molar refractivity (Wildman–Crippen MR) is 108 cm³/mol. The first-order chi connectivity index (χ1) is 13.0. The summed E-state index contributed by atoms with van der Waals surface area (Å²) in [7, 11) is 1.80. The Morgan fingerprint density at radius 1 is 1.33 bits per heavy atom. The van der Waals surface area contributed by atoms with Crippen LogP contribution in [0.4, 0.5) is 17.3 Å². The second-order valence-electron chi connectivity index (χ2n) is 6.21. The Balaban J connectivity index is 1.73. The van der Waals surface area contributed by atoms with Crippen molar-refractivity contribution >= 4 is 46.0 Å². The molecular weight excluding hydrogens is 364 g/mol. The molecule has 8 nitrogen and oxygen atoms in total. The quantitative estimate of drug-likeness (QED) is 0.318. The normalized spacial score (nSPS) is 11.1. The van der Waals surface area contributed by atoms with Crippen LogP contribution in [-0.2, 0) is 7.05 Å². The molecule has 0 aliphatic rings. The van der Waals surface area contributed by atoms with Crippen molar-refractivity contribution in [3.63, 3.8) is 0 Å². The molecule has 0 spiro atoms. The van der Waals surface area contributed by atoms with E-state index in [0.29, 0.717) is 33.7 Å². The first-order valence-electron chi connectivity index (χ1n) is 8.18. The second-order valence-corrected chi connectivity index (χ2v) is 6.58. The third kappa shape index (κ3) is 2.89. The molecule has 0 saturated heterocycles. The number of aromatic amines is 1. The molecule has 2 aromatic carbocycles. The van der Waals surface area contributed by atoms with Gasteiger partial charge < -0.3 is 16.5 Å². The summed E-state index contributed by atoms with van der Waals surface area (Å²) in [5.41, 5.74) is 10.3. The highest BCUT2D eigenvalue weighted by Crippen LogP contribution is 2.32. The van der Waals surface area contributed by atoms with Crippen LogP contribution in [-0.4, -0.2) is 31.2 Å². The van der Waals surface area contributed by atoms with Crippen molar-refractivity contribution in [2.75, 3.05) is 11.1 Å². The van der Waals surface area contributed by atoms with Crippen molar-refractivity contribution in [3.8, 4) is 11.4 Å². The molecule has 0 saturated carbocycles. The zero-order chi connectivity index (χ0) is 19.1. The lowest BCUT2D eigenvalue weighted by Crippen LogP contribution is -2.03. The molecule has 0 bridgehead atoms. The van der Waals surface area contributed by atoms with Crippen molar-refractivity contribution in [3.05, 3.63) is 46.6 Å². The molecule has 4 rings (SSSR count). The van der Waals surface area contributed by atoms with Crippen molar-refractivity contribution in [1.29, 1.82) is 5.41 Å². The lowest BCUT2D eigenvalue weighted by atomic mass is 10.1. The van der Waals surface area contributed by atoms with E-state index in [4.69, 9.17) is 22.7 Å². The number of nitrogens with one attached hydrogen (secondary N) is 3. The van der Waals surface area contributed by atoms with Crippen LogP contribution < -0.4 is 11.1 Å². The summed E-state index contributed by atoms with van der Waals surface area (Å²) < 4.78 is 1.64. The fourth-order valence-electron chi connectivity index (χ4n) is 2.93. The summed E-state index contributed by atoms with van der Waals surface area (Å²) >= 11 is 6.36. The van der Waals surface area contributed by atoms with E-state index in [0.717, 1.165) is 28.2 Å². The first kappa shape index (κ1) is 17.0. The number of aromatic nitrogens is 5. The Hall–Kier alpha value is -3.39. The minimum atomic E-state index is 0.365. The van der Waals surface area contributed by atoms with Crippen LogP contribution in [0.5, 0.6) is 0 Å². The summed E-state index contributed by atoms with van der Waals surface area (Å²) in [6, 6.07) is 7.48. The number of nitrogens with two attached hydrogens (primary N) is 1. The van der Waals surface area contributed by atoms with Gasteiger partial charge in [-0.15, -0.1) is 5.10 Å². The van der Waals surface area contributed by atoms with Gasteiger partial charge in [0, 0.05) is 35.5 Å². The van der Waals surface area contributed by atoms with Gasteiger partial charge in [0.25, 0.3) is 0 Å². The number of hydrogen-bond donors (Lipinski definition) is 4. The molecule has 0 aliphatic carbocycles. The van der Waals surface area contributed by atoms with Gasteiger partial charge in [0.1, 0.15) is 0 Å². The molecular formula is C18H17ClN8. The fourth-order valence-corrected chi connectivity index (χ4v) is 3.20. The van der Waals surface area contributed by atoms with Crippen LogP contribution in [0.3, 0.4) is 0 Å². The lowest BCUT2D eigenvalue weighted by molar-refractivity contribution is 0.778. The number of hydrogen-bond acceptors (Lipinski definition) is 6. The topological polar surface area (TPSA) is 121 Å². The number of nitrogen functional groups attached to an aromatic ring is 1. The molecule has 0 fully saturated rings. The number of aryl methyl sites for hydroxylation is 2. The monoisotopic (exact) mass is 380 g/mol. The smallest absolute Gasteiger partial charge is 0.225 e. The molecule has 2 heterocycles. The van der Waals surface area contributed by atoms with E-state index in [1.54, 1.807) is 30.1 Å². The van der Waals surface area contributed by atoms with Crippen molar-refractivity contribution in [2.24, 2.45) is 7.05 Å². The molecule has 9 heteroatoms. The number of rotatable bonds is 4. The van der Waals surface area contributed by atoms with Crippen LogP contribution >= 0.6 is 11.6 Å². The van der Waals surface area contributed by atoms with Crippen LogP contribution in [0, 0.1) is 12.3 Å². The average Bonchev–Trinajstić information content (AvgIpc) is 3.23. The van der Waals surface area contributed by atoms with E-state index >= 15 is 0 Å². The van der Waals surface area contributed by atoms with E-state index in [1.165, 1.54) is 0 Å². The van der Waals surface area contributed by atoms with Crippen LogP contribution in [0.15, 0.2) is 30.5 Å². The number of fused-ring (bicyclic) bond motifs is 1. The summed E-state index contributed by atoms with van der Waals surface area (Å²) in [5.74, 6) is 1.12.